The van der Waals surface area contributed by atoms with Crippen LogP contribution < -0.4 is 10.2 Å². The summed E-state index contributed by atoms with van der Waals surface area (Å²) in [6.07, 6.45) is 1.40. The largest absolute Gasteiger partial charge is 0.383 e. The maximum atomic E-state index is 12.5. The Bertz CT molecular complexity index is 593. The molecule has 2 saturated heterocycles. The lowest BCUT2D eigenvalue weighted by Crippen LogP contribution is -2.36. The van der Waals surface area contributed by atoms with Crippen LogP contribution >= 0.6 is 0 Å². The highest BCUT2D eigenvalue weighted by atomic mass is 16.5. The van der Waals surface area contributed by atoms with Crippen LogP contribution in [0.4, 0.5) is 5.69 Å². The van der Waals surface area contributed by atoms with E-state index in [0.29, 0.717) is 25.4 Å². The van der Waals surface area contributed by atoms with Crippen LogP contribution in [-0.4, -0.2) is 63.2 Å². The number of hydrogen-bond acceptors (Lipinski definition) is 4. The summed E-state index contributed by atoms with van der Waals surface area (Å²) in [5.41, 5.74) is 0.868. The van der Waals surface area contributed by atoms with E-state index in [9.17, 15) is 9.59 Å². The standard InChI is InChI=1S/C19H27N3O3/c1-25-10-9-21-8-7-15(13-21)12-20-19(24)16-11-18(23)22(14-16)17-5-3-2-4-6-17/h2-6,15-16H,7-14H2,1H3,(H,20,24)/t15-,16+/m0/s1. The second-order valence-corrected chi connectivity index (χ2v) is 6.93. The highest BCUT2D eigenvalue weighted by molar-refractivity contribution is 6.00. The fourth-order valence-electron chi connectivity index (χ4n) is 3.63. The van der Waals surface area contributed by atoms with Crippen molar-refractivity contribution in [1.82, 2.24) is 10.2 Å². The Hall–Kier alpha value is -1.92. The molecule has 2 heterocycles. The van der Waals surface area contributed by atoms with Gasteiger partial charge in [0.25, 0.3) is 0 Å². The minimum atomic E-state index is -0.251. The number of nitrogens with one attached hydrogen (secondary N) is 1. The third kappa shape index (κ3) is 4.58. The highest BCUT2D eigenvalue weighted by Crippen LogP contribution is 2.25. The van der Waals surface area contributed by atoms with Gasteiger partial charge in [-0.1, -0.05) is 18.2 Å². The molecule has 0 aliphatic carbocycles. The number of carbonyl (C=O) groups excluding carboxylic acids is 2. The molecule has 1 N–H and O–H groups in total. The van der Waals surface area contributed by atoms with Gasteiger partial charge in [0.05, 0.1) is 12.5 Å². The minimum Gasteiger partial charge on any atom is -0.383 e. The van der Waals surface area contributed by atoms with Crippen molar-refractivity contribution in [3.05, 3.63) is 30.3 Å². The molecule has 2 amide bonds. The number of likely N-dealkylation sites (tertiary alicyclic amines) is 1. The monoisotopic (exact) mass is 345 g/mol. The average molecular weight is 345 g/mol. The molecule has 2 fully saturated rings. The van der Waals surface area contributed by atoms with E-state index in [1.54, 1.807) is 12.0 Å². The number of nitrogens with zero attached hydrogens (tertiary/aromatic N) is 2. The zero-order chi connectivity index (χ0) is 17.6. The number of amides is 2. The second kappa shape index (κ2) is 8.45. The average Bonchev–Trinajstić information content (AvgIpc) is 3.25. The van der Waals surface area contributed by atoms with Crippen molar-refractivity contribution in [2.24, 2.45) is 11.8 Å². The molecule has 0 spiro atoms. The first-order valence-corrected chi connectivity index (χ1v) is 9.02. The van der Waals surface area contributed by atoms with Gasteiger partial charge in [-0.15, -0.1) is 0 Å². The summed E-state index contributed by atoms with van der Waals surface area (Å²) in [5, 5.41) is 3.06. The van der Waals surface area contributed by atoms with Crippen molar-refractivity contribution < 1.29 is 14.3 Å². The van der Waals surface area contributed by atoms with E-state index >= 15 is 0 Å². The van der Waals surface area contributed by atoms with Crippen LogP contribution in [0.1, 0.15) is 12.8 Å². The van der Waals surface area contributed by atoms with Gasteiger partial charge in [0.15, 0.2) is 0 Å². The molecule has 0 saturated carbocycles. The molecule has 0 bridgehead atoms. The molecule has 3 rings (SSSR count). The van der Waals surface area contributed by atoms with Gasteiger partial charge in [0.2, 0.25) is 11.8 Å². The highest BCUT2D eigenvalue weighted by Gasteiger charge is 2.35. The van der Waals surface area contributed by atoms with Gasteiger partial charge < -0.3 is 19.9 Å². The lowest BCUT2D eigenvalue weighted by molar-refractivity contribution is -0.126. The predicted molar refractivity (Wildman–Crippen MR) is 96.3 cm³/mol. The lowest BCUT2D eigenvalue weighted by Gasteiger charge is -2.18. The summed E-state index contributed by atoms with van der Waals surface area (Å²) < 4.78 is 5.11. The maximum Gasteiger partial charge on any atom is 0.227 e. The molecule has 0 aromatic heterocycles. The van der Waals surface area contributed by atoms with Crippen molar-refractivity contribution in [1.29, 1.82) is 0 Å². The number of rotatable bonds is 7. The number of anilines is 1. The second-order valence-electron chi connectivity index (χ2n) is 6.93. The molecule has 2 aliphatic rings. The van der Waals surface area contributed by atoms with Gasteiger partial charge in [-0.05, 0) is 31.0 Å². The van der Waals surface area contributed by atoms with Crippen LogP contribution in [-0.2, 0) is 14.3 Å². The number of carbonyl (C=O) groups is 2. The molecule has 2 atom stereocenters. The molecule has 1 aromatic carbocycles. The van der Waals surface area contributed by atoms with E-state index in [2.05, 4.69) is 10.2 Å². The number of hydrogen-bond donors (Lipinski definition) is 1. The van der Waals surface area contributed by atoms with Crippen LogP contribution in [0.5, 0.6) is 0 Å². The zero-order valence-corrected chi connectivity index (χ0v) is 14.8. The van der Waals surface area contributed by atoms with Gasteiger partial charge in [-0.3, -0.25) is 9.59 Å². The van der Waals surface area contributed by atoms with Crippen LogP contribution in [0.25, 0.3) is 0 Å². The smallest absolute Gasteiger partial charge is 0.227 e. The third-order valence-electron chi connectivity index (χ3n) is 5.11. The zero-order valence-electron chi connectivity index (χ0n) is 14.8. The van der Waals surface area contributed by atoms with Gasteiger partial charge in [0.1, 0.15) is 0 Å². The van der Waals surface area contributed by atoms with Crippen molar-refractivity contribution >= 4 is 17.5 Å². The first kappa shape index (κ1) is 17.9. The third-order valence-corrected chi connectivity index (χ3v) is 5.11. The molecule has 136 valence electrons. The quantitative estimate of drug-likeness (QED) is 0.805. The van der Waals surface area contributed by atoms with Crippen molar-refractivity contribution in [3.8, 4) is 0 Å². The SMILES string of the molecule is COCCN1CC[C@@H](CNC(=O)[C@@H]2CC(=O)N(c3ccccc3)C2)C1. The van der Waals surface area contributed by atoms with E-state index < -0.39 is 0 Å². The number of benzene rings is 1. The Labute approximate surface area is 149 Å². The minimum absolute atomic E-state index is 0.00197. The van der Waals surface area contributed by atoms with Crippen LogP contribution in [0, 0.1) is 11.8 Å². The molecule has 0 unspecified atom stereocenters. The van der Waals surface area contributed by atoms with Gasteiger partial charge in [-0.25, -0.2) is 0 Å². The van der Waals surface area contributed by atoms with Crippen LogP contribution in [0.2, 0.25) is 0 Å². The molecular formula is C19H27N3O3. The summed E-state index contributed by atoms with van der Waals surface area (Å²) >= 11 is 0. The van der Waals surface area contributed by atoms with E-state index in [1.807, 2.05) is 30.3 Å². The Morgan fingerprint density at radius 1 is 1.28 bits per heavy atom. The Morgan fingerprint density at radius 3 is 2.84 bits per heavy atom. The molecule has 6 heteroatoms. The van der Waals surface area contributed by atoms with E-state index in [4.69, 9.17) is 4.74 Å². The fourth-order valence-corrected chi connectivity index (χ4v) is 3.63. The van der Waals surface area contributed by atoms with E-state index in [-0.39, 0.29) is 17.7 Å². The van der Waals surface area contributed by atoms with Crippen LogP contribution in [0.15, 0.2) is 30.3 Å². The number of ether oxygens (including phenoxy) is 1. The molecule has 25 heavy (non-hydrogen) atoms. The van der Waals surface area contributed by atoms with Crippen LogP contribution in [0.3, 0.4) is 0 Å². The molecule has 6 nitrogen and oxygen atoms in total. The van der Waals surface area contributed by atoms with Crippen molar-refractivity contribution in [3.63, 3.8) is 0 Å². The Balaban J connectivity index is 1.44. The Kier molecular flexibility index (Phi) is 6.04. The van der Waals surface area contributed by atoms with Gasteiger partial charge in [-0.2, -0.15) is 0 Å². The Morgan fingerprint density at radius 2 is 2.08 bits per heavy atom. The first-order valence-electron chi connectivity index (χ1n) is 9.02. The summed E-state index contributed by atoms with van der Waals surface area (Å²) in [6, 6.07) is 9.55. The van der Waals surface area contributed by atoms with Gasteiger partial charge >= 0.3 is 0 Å². The first-order chi connectivity index (χ1) is 12.2. The summed E-state index contributed by atoms with van der Waals surface area (Å²) in [5.74, 6) is 0.266. The summed E-state index contributed by atoms with van der Waals surface area (Å²) in [4.78, 5) is 28.8. The molecule has 2 aliphatic heterocycles. The fraction of sp³-hybridized carbons (Fsp3) is 0.579. The molecule has 0 radical (unpaired) electrons. The summed E-state index contributed by atoms with van der Waals surface area (Å²) in [6.45, 7) is 4.93. The normalized spacial score (nSPS) is 24.0. The number of methoxy groups -OCH3 is 1. The van der Waals surface area contributed by atoms with Crippen molar-refractivity contribution in [2.45, 2.75) is 12.8 Å². The summed E-state index contributed by atoms with van der Waals surface area (Å²) in [7, 11) is 1.72. The number of para-hydroxylation sites is 1. The topological polar surface area (TPSA) is 61.9 Å². The predicted octanol–water partition coefficient (Wildman–Crippen LogP) is 1.12. The maximum absolute atomic E-state index is 12.5. The van der Waals surface area contributed by atoms with Gasteiger partial charge in [0, 0.05) is 45.4 Å². The molecular weight excluding hydrogens is 318 g/mol. The van der Waals surface area contributed by atoms with E-state index in [0.717, 1.165) is 38.3 Å². The molecule has 1 aromatic rings. The lowest BCUT2D eigenvalue weighted by atomic mass is 10.1. The van der Waals surface area contributed by atoms with E-state index in [1.165, 1.54) is 0 Å². The van der Waals surface area contributed by atoms with Crippen molar-refractivity contribution in [2.75, 3.05) is 51.3 Å².